The van der Waals surface area contributed by atoms with E-state index >= 15 is 0 Å². The van der Waals surface area contributed by atoms with Crippen LogP contribution < -0.4 is 10.2 Å². The molecule has 0 fully saturated rings. The number of nitrogens with one attached hydrogen (secondary N) is 1. The minimum atomic E-state index is -0.282. The van der Waals surface area contributed by atoms with Gasteiger partial charge < -0.3 is 10.2 Å². The van der Waals surface area contributed by atoms with Crippen LogP contribution in [0, 0.1) is 6.92 Å². The molecule has 0 saturated carbocycles. The molecule has 4 heterocycles. The van der Waals surface area contributed by atoms with Gasteiger partial charge in [-0.2, -0.15) is 0 Å². The zero-order valence-electron chi connectivity index (χ0n) is 18.6. The SMILES string of the molecule is Cc1c(C(=O)Nc2ccc(N3CCc4sccc4C3)cc2)nnn1-c1cccc2ncccc12. The highest BCUT2D eigenvalue weighted by Gasteiger charge is 2.20. The summed E-state index contributed by atoms with van der Waals surface area (Å²) in [7, 11) is 0. The number of hydrogen-bond donors (Lipinski definition) is 1. The van der Waals surface area contributed by atoms with Gasteiger partial charge in [0.2, 0.25) is 0 Å². The molecular formula is C26H22N6OS. The number of nitrogens with zero attached hydrogens (tertiary/aromatic N) is 5. The minimum absolute atomic E-state index is 0.282. The van der Waals surface area contributed by atoms with Crippen molar-refractivity contribution in [2.45, 2.75) is 19.9 Å². The number of thiophene rings is 1. The Bertz CT molecular complexity index is 1500. The fourth-order valence-corrected chi connectivity index (χ4v) is 5.34. The van der Waals surface area contributed by atoms with Crippen molar-refractivity contribution in [3.05, 3.63) is 94.1 Å². The van der Waals surface area contributed by atoms with Gasteiger partial charge in [0.05, 0.1) is 16.9 Å². The standard InChI is InChI=1S/C26H22N6OS/c1-17-25(29-30-32(17)23-6-2-5-22-21(23)4-3-13-27-22)26(33)28-19-7-9-20(10-8-19)31-14-11-24-18(16-31)12-15-34-24/h2-10,12-13,15H,11,14,16H2,1H3,(H,28,33). The molecule has 0 bridgehead atoms. The zero-order valence-corrected chi connectivity index (χ0v) is 19.4. The first-order valence-corrected chi connectivity index (χ1v) is 12.0. The fourth-order valence-electron chi connectivity index (χ4n) is 4.45. The third-order valence-electron chi connectivity index (χ3n) is 6.26. The first kappa shape index (κ1) is 20.6. The molecule has 0 aliphatic carbocycles. The Morgan fingerprint density at radius 1 is 1.06 bits per heavy atom. The number of hydrogen-bond acceptors (Lipinski definition) is 6. The molecule has 1 aliphatic rings. The van der Waals surface area contributed by atoms with Crippen LogP contribution in [0.1, 0.15) is 26.6 Å². The Kier molecular flexibility index (Phi) is 5.07. The predicted molar refractivity (Wildman–Crippen MR) is 135 cm³/mol. The number of anilines is 2. The molecule has 7 nitrogen and oxygen atoms in total. The van der Waals surface area contributed by atoms with E-state index in [0.717, 1.165) is 47.5 Å². The van der Waals surface area contributed by atoms with Crippen LogP contribution in [0.3, 0.4) is 0 Å². The highest BCUT2D eigenvalue weighted by Crippen LogP contribution is 2.29. The summed E-state index contributed by atoms with van der Waals surface area (Å²) >= 11 is 1.84. The summed E-state index contributed by atoms with van der Waals surface area (Å²) in [5, 5.41) is 14.5. The predicted octanol–water partition coefficient (Wildman–Crippen LogP) is 5.00. The van der Waals surface area contributed by atoms with E-state index in [1.165, 1.54) is 10.4 Å². The smallest absolute Gasteiger partial charge is 0.278 e. The molecule has 1 N–H and O–H groups in total. The third kappa shape index (κ3) is 3.62. The lowest BCUT2D eigenvalue weighted by atomic mass is 10.1. The van der Waals surface area contributed by atoms with E-state index in [9.17, 15) is 4.79 Å². The van der Waals surface area contributed by atoms with E-state index in [1.807, 2.05) is 60.7 Å². The number of carbonyl (C=O) groups excluding carboxylic acids is 1. The van der Waals surface area contributed by atoms with Crippen LogP contribution in [0.25, 0.3) is 16.6 Å². The number of amides is 1. The molecule has 8 heteroatoms. The Balaban J connectivity index is 1.20. The third-order valence-corrected chi connectivity index (χ3v) is 7.28. The van der Waals surface area contributed by atoms with E-state index in [1.54, 1.807) is 10.9 Å². The normalized spacial score (nSPS) is 13.1. The molecular weight excluding hydrogens is 444 g/mol. The average molecular weight is 467 g/mol. The lowest BCUT2D eigenvalue weighted by Gasteiger charge is -2.29. The van der Waals surface area contributed by atoms with Crippen molar-refractivity contribution in [1.29, 1.82) is 0 Å². The van der Waals surface area contributed by atoms with Gasteiger partial charge in [-0.15, -0.1) is 16.4 Å². The number of pyridine rings is 1. The number of carbonyl (C=O) groups is 1. The fraction of sp³-hybridized carbons (Fsp3) is 0.154. The van der Waals surface area contributed by atoms with Crippen molar-refractivity contribution in [2.24, 2.45) is 0 Å². The summed E-state index contributed by atoms with van der Waals surface area (Å²) < 4.78 is 1.69. The Morgan fingerprint density at radius 2 is 1.94 bits per heavy atom. The molecule has 0 unspecified atom stereocenters. The zero-order chi connectivity index (χ0) is 23.1. The maximum atomic E-state index is 13.0. The van der Waals surface area contributed by atoms with Gasteiger partial charge in [0.25, 0.3) is 5.91 Å². The first-order valence-electron chi connectivity index (χ1n) is 11.2. The van der Waals surface area contributed by atoms with Crippen LogP contribution in [-0.4, -0.2) is 32.4 Å². The Labute approximate surface area is 200 Å². The summed E-state index contributed by atoms with van der Waals surface area (Å²) in [6, 6.07) is 19.9. The highest BCUT2D eigenvalue weighted by molar-refractivity contribution is 7.10. The molecule has 5 aromatic rings. The second-order valence-electron chi connectivity index (χ2n) is 8.32. The number of fused-ring (bicyclic) bond motifs is 2. The maximum Gasteiger partial charge on any atom is 0.278 e. The van der Waals surface area contributed by atoms with Crippen LogP contribution in [0.5, 0.6) is 0 Å². The van der Waals surface area contributed by atoms with Gasteiger partial charge in [0.15, 0.2) is 5.69 Å². The molecule has 0 atom stereocenters. The lowest BCUT2D eigenvalue weighted by molar-refractivity contribution is 0.102. The molecule has 3 aromatic heterocycles. The van der Waals surface area contributed by atoms with E-state index in [4.69, 9.17) is 0 Å². The van der Waals surface area contributed by atoms with Gasteiger partial charge in [-0.1, -0.05) is 11.3 Å². The van der Waals surface area contributed by atoms with Crippen LogP contribution in [0.2, 0.25) is 0 Å². The minimum Gasteiger partial charge on any atom is -0.367 e. The molecule has 0 saturated heterocycles. The van der Waals surface area contributed by atoms with Crippen molar-refractivity contribution < 1.29 is 4.79 Å². The highest BCUT2D eigenvalue weighted by atomic mass is 32.1. The molecule has 168 valence electrons. The van der Waals surface area contributed by atoms with Gasteiger partial charge >= 0.3 is 0 Å². The van der Waals surface area contributed by atoms with Crippen LogP contribution in [0.15, 0.2) is 72.2 Å². The second kappa shape index (κ2) is 8.39. The largest absolute Gasteiger partial charge is 0.367 e. The molecule has 1 aliphatic heterocycles. The lowest BCUT2D eigenvalue weighted by Crippen LogP contribution is -2.29. The molecule has 1 amide bonds. The average Bonchev–Trinajstić information content (AvgIpc) is 3.50. The number of benzene rings is 2. The van der Waals surface area contributed by atoms with Crippen molar-refractivity contribution in [3.63, 3.8) is 0 Å². The molecule has 0 spiro atoms. The van der Waals surface area contributed by atoms with E-state index < -0.39 is 0 Å². The molecule has 2 aromatic carbocycles. The summed E-state index contributed by atoms with van der Waals surface area (Å²) in [5.41, 5.74) is 5.97. The Morgan fingerprint density at radius 3 is 2.82 bits per heavy atom. The first-order chi connectivity index (χ1) is 16.7. The van der Waals surface area contributed by atoms with E-state index in [0.29, 0.717) is 11.4 Å². The van der Waals surface area contributed by atoms with Gasteiger partial charge in [0, 0.05) is 40.9 Å². The molecule has 34 heavy (non-hydrogen) atoms. The van der Waals surface area contributed by atoms with Crippen molar-refractivity contribution in [3.8, 4) is 5.69 Å². The van der Waals surface area contributed by atoms with E-state index in [2.05, 4.69) is 49.1 Å². The molecule has 6 rings (SSSR count). The van der Waals surface area contributed by atoms with E-state index in [-0.39, 0.29) is 5.91 Å². The van der Waals surface area contributed by atoms with Crippen molar-refractivity contribution >= 4 is 39.5 Å². The van der Waals surface area contributed by atoms with Crippen molar-refractivity contribution in [1.82, 2.24) is 20.0 Å². The number of rotatable bonds is 4. The van der Waals surface area contributed by atoms with Crippen LogP contribution >= 0.6 is 11.3 Å². The van der Waals surface area contributed by atoms with Gasteiger partial charge in [-0.3, -0.25) is 9.78 Å². The van der Waals surface area contributed by atoms with Crippen molar-refractivity contribution in [2.75, 3.05) is 16.8 Å². The summed E-state index contributed by atoms with van der Waals surface area (Å²) in [4.78, 5) is 21.2. The summed E-state index contributed by atoms with van der Waals surface area (Å²) in [6.45, 7) is 3.78. The quantitative estimate of drug-likeness (QED) is 0.403. The topological polar surface area (TPSA) is 75.9 Å². The van der Waals surface area contributed by atoms with Crippen LogP contribution in [-0.2, 0) is 13.0 Å². The maximum absolute atomic E-state index is 13.0. The van der Waals surface area contributed by atoms with Gasteiger partial charge in [0.1, 0.15) is 0 Å². The van der Waals surface area contributed by atoms with Gasteiger partial charge in [-0.25, -0.2) is 4.68 Å². The molecule has 0 radical (unpaired) electrons. The number of aromatic nitrogens is 4. The van der Waals surface area contributed by atoms with Gasteiger partial charge in [-0.05, 0) is 78.9 Å². The summed E-state index contributed by atoms with van der Waals surface area (Å²) in [5.74, 6) is -0.282. The summed E-state index contributed by atoms with van der Waals surface area (Å²) in [6.07, 6.45) is 2.84. The monoisotopic (exact) mass is 466 g/mol. The second-order valence-corrected chi connectivity index (χ2v) is 9.32. The Hall–Kier alpha value is -4.04. The van der Waals surface area contributed by atoms with Crippen LogP contribution in [0.4, 0.5) is 11.4 Å².